The van der Waals surface area contributed by atoms with Crippen molar-refractivity contribution in [2.24, 2.45) is 7.05 Å². The molecule has 1 aromatic heterocycles. The van der Waals surface area contributed by atoms with Gasteiger partial charge >= 0.3 is 0 Å². The molecule has 0 amide bonds. The van der Waals surface area contributed by atoms with Gasteiger partial charge in [-0.15, -0.1) is 0 Å². The minimum absolute atomic E-state index is 0.303. The van der Waals surface area contributed by atoms with Gasteiger partial charge in [-0.3, -0.25) is 0 Å². The lowest BCUT2D eigenvalue weighted by Gasteiger charge is -2.09. The Bertz CT molecular complexity index is 778. The quantitative estimate of drug-likeness (QED) is 0.739. The maximum Gasteiger partial charge on any atom is 0.208 e. The molecule has 0 fully saturated rings. The number of aromatic nitrogens is 2. The van der Waals surface area contributed by atoms with Crippen LogP contribution in [0.2, 0.25) is 10.0 Å². The average molecular weight is 310 g/mol. The fourth-order valence-corrected chi connectivity index (χ4v) is 2.50. The molecule has 0 radical (unpaired) electrons. The molecule has 3 aromatic rings. The first kappa shape index (κ1) is 13.2. The van der Waals surface area contributed by atoms with Gasteiger partial charge < -0.3 is 9.88 Å². The fraction of sp³-hybridized carbons (Fsp3) is 0.0714. The van der Waals surface area contributed by atoms with E-state index in [-0.39, 0.29) is 5.82 Å². The van der Waals surface area contributed by atoms with Crippen LogP contribution in [0.1, 0.15) is 0 Å². The SMILES string of the molecule is Cn1c(Nc2c(Cl)cccc2Cl)nc2ccc(F)cc21. The number of para-hydroxylation sites is 1. The third-order valence-corrected chi connectivity index (χ3v) is 3.67. The van der Waals surface area contributed by atoms with Crippen LogP contribution >= 0.6 is 23.2 Å². The predicted octanol–water partition coefficient (Wildman–Crippen LogP) is 4.76. The number of imidazole rings is 1. The van der Waals surface area contributed by atoms with Crippen LogP contribution in [0.3, 0.4) is 0 Å². The van der Waals surface area contributed by atoms with Gasteiger partial charge in [0.1, 0.15) is 5.82 Å². The second-order valence-electron chi connectivity index (χ2n) is 4.35. The van der Waals surface area contributed by atoms with Gasteiger partial charge in [-0.2, -0.15) is 0 Å². The van der Waals surface area contributed by atoms with E-state index in [1.165, 1.54) is 12.1 Å². The summed E-state index contributed by atoms with van der Waals surface area (Å²) < 4.78 is 15.0. The molecule has 0 spiro atoms. The van der Waals surface area contributed by atoms with Crippen molar-refractivity contribution in [1.82, 2.24) is 9.55 Å². The lowest BCUT2D eigenvalue weighted by molar-refractivity contribution is 0.629. The summed E-state index contributed by atoms with van der Waals surface area (Å²) in [5, 5.41) is 4.08. The Labute approximate surface area is 124 Å². The lowest BCUT2D eigenvalue weighted by Crippen LogP contribution is -2.00. The van der Waals surface area contributed by atoms with Crippen molar-refractivity contribution in [3.05, 3.63) is 52.3 Å². The van der Waals surface area contributed by atoms with Crippen molar-refractivity contribution < 1.29 is 4.39 Å². The van der Waals surface area contributed by atoms with Gasteiger partial charge in [0.15, 0.2) is 0 Å². The van der Waals surface area contributed by atoms with E-state index < -0.39 is 0 Å². The highest BCUT2D eigenvalue weighted by Crippen LogP contribution is 2.33. The minimum atomic E-state index is -0.303. The van der Waals surface area contributed by atoms with Gasteiger partial charge in [-0.05, 0) is 30.3 Å². The number of nitrogens with one attached hydrogen (secondary N) is 1. The number of fused-ring (bicyclic) bond motifs is 1. The molecule has 1 heterocycles. The Morgan fingerprint density at radius 1 is 1.15 bits per heavy atom. The molecular formula is C14H10Cl2FN3. The third kappa shape index (κ3) is 2.21. The van der Waals surface area contributed by atoms with E-state index in [4.69, 9.17) is 23.2 Å². The van der Waals surface area contributed by atoms with E-state index in [1.54, 1.807) is 35.9 Å². The highest BCUT2D eigenvalue weighted by Gasteiger charge is 2.12. The molecule has 102 valence electrons. The van der Waals surface area contributed by atoms with Crippen molar-refractivity contribution in [1.29, 1.82) is 0 Å². The van der Waals surface area contributed by atoms with Crippen LogP contribution in [0.15, 0.2) is 36.4 Å². The van der Waals surface area contributed by atoms with Crippen molar-refractivity contribution in [2.45, 2.75) is 0 Å². The Balaban J connectivity index is 2.09. The molecule has 0 unspecified atom stereocenters. The molecule has 0 saturated carbocycles. The Morgan fingerprint density at radius 3 is 2.55 bits per heavy atom. The normalized spacial score (nSPS) is 11.0. The van der Waals surface area contributed by atoms with Gasteiger partial charge in [-0.1, -0.05) is 29.3 Å². The first-order valence-corrected chi connectivity index (χ1v) is 6.65. The number of nitrogens with zero attached hydrogens (tertiary/aromatic N) is 2. The number of rotatable bonds is 2. The third-order valence-electron chi connectivity index (χ3n) is 3.04. The summed E-state index contributed by atoms with van der Waals surface area (Å²) in [5.74, 6) is 0.239. The van der Waals surface area contributed by atoms with E-state index in [9.17, 15) is 4.39 Å². The number of hydrogen-bond acceptors (Lipinski definition) is 2. The van der Waals surface area contributed by atoms with Crippen LogP contribution in [0.25, 0.3) is 11.0 Å². The molecule has 2 aromatic carbocycles. The molecule has 0 atom stereocenters. The van der Waals surface area contributed by atoms with Crippen LogP contribution in [0, 0.1) is 5.82 Å². The monoisotopic (exact) mass is 309 g/mol. The van der Waals surface area contributed by atoms with Crippen molar-refractivity contribution in [2.75, 3.05) is 5.32 Å². The number of aryl methyl sites for hydroxylation is 1. The van der Waals surface area contributed by atoms with Gasteiger partial charge in [-0.25, -0.2) is 9.37 Å². The number of benzene rings is 2. The maximum absolute atomic E-state index is 13.3. The van der Waals surface area contributed by atoms with Gasteiger partial charge in [0.2, 0.25) is 5.95 Å². The summed E-state index contributed by atoms with van der Waals surface area (Å²) in [7, 11) is 1.79. The molecule has 0 aliphatic heterocycles. The number of anilines is 2. The zero-order valence-electron chi connectivity index (χ0n) is 10.5. The summed E-state index contributed by atoms with van der Waals surface area (Å²) in [5.41, 5.74) is 1.96. The first-order valence-electron chi connectivity index (χ1n) is 5.89. The highest BCUT2D eigenvalue weighted by atomic mass is 35.5. The smallest absolute Gasteiger partial charge is 0.208 e. The van der Waals surface area contributed by atoms with Crippen LogP contribution in [-0.2, 0) is 7.05 Å². The fourth-order valence-electron chi connectivity index (χ4n) is 2.00. The zero-order valence-corrected chi connectivity index (χ0v) is 12.0. The lowest BCUT2D eigenvalue weighted by atomic mass is 10.3. The molecule has 0 bridgehead atoms. The molecule has 1 N–H and O–H groups in total. The van der Waals surface area contributed by atoms with Crippen LogP contribution in [0.4, 0.5) is 16.0 Å². The molecule has 6 heteroatoms. The van der Waals surface area contributed by atoms with Gasteiger partial charge in [0.05, 0.1) is 26.8 Å². The molecule has 0 aliphatic rings. The largest absolute Gasteiger partial charge is 0.323 e. The summed E-state index contributed by atoms with van der Waals surface area (Å²) >= 11 is 12.2. The van der Waals surface area contributed by atoms with Crippen LogP contribution in [0.5, 0.6) is 0 Å². The Morgan fingerprint density at radius 2 is 1.85 bits per heavy atom. The van der Waals surface area contributed by atoms with Crippen molar-refractivity contribution in [3.8, 4) is 0 Å². The highest BCUT2D eigenvalue weighted by molar-refractivity contribution is 6.39. The molecule has 20 heavy (non-hydrogen) atoms. The Hall–Kier alpha value is -1.78. The van der Waals surface area contributed by atoms with E-state index in [1.807, 2.05) is 0 Å². The second kappa shape index (κ2) is 4.96. The van der Waals surface area contributed by atoms with E-state index >= 15 is 0 Å². The van der Waals surface area contributed by atoms with Crippen LogP contribution in [-0.4, -0.2) is 9.55 Å². The number of hydrogen-bond donors (Lipinski definition) is 1. The van der Waals surface area contributed by atoms with E-state index in [2.05, 4.69) is 10.3 Å². The second-order valence-corrected chi connectivity index (χ2v) is 5.16. The number of halogens is 3. The molecule has 0 aliphatic carbocycles. The minimum Gasteiger partial charge on any atom is -0.323 e. The summed E-state index contributed by atoms with van der Waals surface area (Å²) in [4.78, 5) is 4.40. The van der Waals surface area contributed by atoms with Crippen molar-refractivity contribution in [3.63, 3.8) is 0 Å². The van der Waals surface area contributed by atoms with Crippen LogP contribution < -0.4 is 5.32 Å². The average Bonchev–Trinajstić information content (AvgIpc) is 2.71. The standard InChI is InChI=1S/C14H10Cl2FN3/c1-20-12-7-8(17)5-6-11(12)18-14(20)19-13-9(15)3-2-4-10(13)16/h2-7H,1H3,(H,18,19). The topological polar surface area (TPSA) is 29.9 Å². The van der Waals surface area contributed by atoms with E-state index in [0.29, 0.717) is 32.7 Å². The van der Waals surface area contributed by atoms with Gasteiger partial charge in [0, 0.05) is 7.05 Å². The summed E-state index contributed by atoms with van der Waals surface area (Å²) in [6, 6.07) is 9.67. The maximum atomic E-state index is 13.3. The molecule has 3 nitrogen and oxygen atoms in total. The summed E-state index contributed by atoms with van der Waals surface area (Å²) in [6.45, 7) is 0. The summed E-state index contributed by atoms with van der Waals surface area (Å²) in [6.07, 6.45) is 0. The first-order chi connectivity index (χ1) is 9.56. The van der Waals surface area contributed by atoms with Crippen molar-refractivity contribution >= 4 is 45.9 Å². The predicted molar refractivity (Wildman–Crippen MR) is 80.4 cm³/mol. The molecule has 0 saturated heterocycles. The molecular weight excluding hydrogens is 300 g/mol. The van der Waals surface area contributed by atoms with E-state index in [0.717, 1.165) is 0 Å². The molecule has 3 rings (SSSR count). The Kier molecular flexibility index (Phi) is 3.28. The van der Waals surface area contributed by atoms with Gasteiger partial charge in [0.25, 0.3) is 0 Å². The zero-order chi connectivity index (χ0) is 14.3.